The second kappa shape index (κ2) is 11.0. The average molecular weight is 459 g/mol. The largest absolute Gasteiger partial charge is 0.349 e. The van der Waals surface area contributed by atoms with E-state index in [1.54, 1.807) is 24.3 Å². The maximum atomic E-state index is 13.4. The van der Waals surface area contributed by atoms with E-state index < -0.39 is 0 Å². The van der Waals surface area contributed by atoms with E-state index in [-0.39, 0.29) is 17.9 Å². The molecule has 1 saturated carbocycles. The molecule has 1 aliphatic carbocycles. The Morgan fingerprint density at radius 3 is 2.24 bits per heavy atom. The van der Waals surface area contributed by atoms with E-state index in [0.717, 1.165) is 36.8 Å². The first-order chi connectivity index (χ1) is 16.1. The van der Waals surface area contributed by atoms with E-state index in [9.17, 15) is 9.59 Å². The lowest BCUT2D eigenvalue weighted by Gasteiger charge is -2.23. The molecule has 0 saturated heterocycles. The van der Waals surface area contributed by atoms with Gasteiger partial charge in [0.1, 0.15) is 0 Å². The maximum Gasteiger partial charge on any atom is 0.256 e. The normalized spacial score (nSPS) is 14.5. The molecular weight excluding hydrogens is 432 g/mol. The van der Waals surface area contributed by atoms with Gasteiger partial charge in [0.25, 0.3) is 11.8 Å². The highest BCUT2D eigenvalue weighted by atomic mass is 35.5. The van der Waals surface area contributed by atoms with Crippen molar-refractivity contribution < 1.29 is 9.59 Å². The highest BCUT2D eigenvalue weighted by Crippen LogP contribution is 2.26. The molecule has 0 aliphatic heterocycles. The summed E-state index contributed by atoms with van der Waals surface area (Å²) in [7, 11) is 0. The summed E-state index contributed by atoms with van der Waals surface area (Å²) in [5.41, 5.74) is 2.92. The van der Waals surface area contributed by atoms with Gasteiger partial charge in [0.15, 0.2) is 0 Å². The summed E-state index contributed by atoms with van der Waals surface area (Å²) >= 11 is 6.35. The topological polar surface area (TPSA) is 58.2 Å². The van der Waals surface area contributed by atoms with Gasteiger partial charge >= 0.3 is 0 Å². The Morgan fingerprint density at radius 2 is 1.48 bits per heavy atom. The summed E-state index contributed by atoms with van der Waals surface area (Å²) in [6, 6.07) is 24.1. The van der Waals surface area contributed by atoms with Crippen molar-refractivity contribution in [3.05, 3.63) is 101 Å². The lowest BCUT2D eigenvalue weighted by Crippen LogP contribution is -2.36. The molecule has 5 heteroatoms. The van der Waals surface area contributed by atoms with Crippen molar-refractivity contribution >= 4 is 40.8 Å². The van der Waals surface area contributed by atoms with Crippen LogP contribution in [0, 0.1) is 0 Å². The first-order valence-electron chi connectivity index (χ1n) is 11.3. The van der Waals surface area contributed by atoms with Crippen molar-refractivity contribution in [1.82, 2.24) is 5.32 Å². The van der Waals surface area contributed by atoms with Gasteiger partial charge in [-0.25, -0.2) is 0 Å². The van der Waals surface area contributed by atoms with Crippen molar-refractivity contribution in [3.8, 4) is 0 Å². The van der Waals surface area contributed by atoms with E-state index in [0.29, 0.717) is 21.8 Å². The molecule has 0 bridgehead atoms. The van der Waals surface area contributed by atoms with E-state index in [1.165, 1.54) is 6.42 Å². The molecule has 3 aromatic rings. The summed E-state index contributed by atoms with van der Waals surface area (Å²) in [4.78, 5) is 26.4. The third-order valence-corrected chi connectivity index (χ3v) is 6.24. The van der Waals surface area contributed by atoms with Gasteiger partial charge in [0, 0.05) is 16.6 Å². The van der Waals surface area contributed by atoms with Crippen molar-refractivity contribution in [2.75, 3.05) is 5.32 Å². The molecule has 0 spiro atoms. The van der Waals surface area contributed by atoms with Crippen LogP contribution in [0.4, 0.5) is 5.69 Å². The summed E-state index contributed by atoms with van der Waals surface area (Å²) in [5, 5.41) is 6.65. The van der Waals surface area contributed by atoms with Crippen molar-refractivity contribution in [2.45, 2.75) is 38.1 Å². The minimum atomic E-state index is -0.306. The van der Waals surface area contributed by atoms with Crippen LogP contribution >= 0.6 is 11.6 Å². The van der Waals surface area contributed by atoms with Crippen LogP contribution < -0.4 is 10.6 Å². The van der Waals surface area contributed by atoms with E-state index in [2.05, 4.69) is 10.6 Å². The SMILES string of the molecule is O=C(Nc1ccccc1C(=O)NC1CCCCC1)/C(=C/c1ccccc1Cl)c1ccccc1. The number of carbonyl (C=O) groups is 2. The first kappa shape index (κ1) is 22.8. The maximum absolute atomic E-state index is 13.4. The van der Waals surface area contributed by atoms with Gasteiger partial charge in [-0.2, -0.15) is 0 Å². The highest BCUT2D eigenvalue weighted by Gasteiger charge is 2.20. The summed E-state index contributed by atoms with van der Waals surface area (Å²) < 4.78 is 0. The van der Waals surface area contributed by atoms with Gasteiger partial charge in [-0.1, -0.05) is 91.5 Å². The second-order valence-corrected chi connectivity index (χ2v) is 8.66. The number of nitrogens with one attached hydrogen (secondary N) is 2. The number of halogens is 1. The fraction of sp³-hybridized carbons (Fsp3) is 0.214. The molecule has 33 heavy (non-hydrogen) atoms. The Labute approximate surface area is 199 Å². The Bertz CT molecular complexity index is 1150. The molecule has 4 nitrogen and oxygen atoms in total. The van der Waals surface area contributed by atoms with Crippen LogP contribution in [0.5, 0.6) is 0 Å². The van der Waals surface area contributed by atoms with E-state index in [1.807, 2.05) is 60.7 Å². The summed E-state index contributed by atoms with van der Waals surface area (Å²) in [6.07, 6.45) is 7.27. The standard InChI is InChI=1S/C28H27ClN2O2/c29-25-17-9-7-13-21(25)19-24(20-11-3-1-4-12-20)28(33)31-26-18-10-8-16-23(26)27(32)30-22-14-5-2-6-15-22/h1,3-4,7-13,16-19,22H,2,5-6,14-15H2,(H,30,32)(H,31,33)/b24-19+. The molecule has 2 amide bonds. The number of carbonyl (C=O) groups excluding carboxylic acids is 2. The summed E-state index contributed by atoms with van der Waals surface area (Å²) in [5.74, 6) is -0.465. The molecule has 2 N–H and O–H groups in total. The van der Waals surface area contributed by atoms with Crippen LogP contribution in [-0.2, 0) is 4.79 Å². The zero-order valence-corrected chi connectivity index (χ0v) is 19.1. The fourth-order valence-corrected chi connectivity index (χ4v) is 4.33. The predicted octanol–water partition coefficient (Wildman–Crippen LogP) is 6.58. The number of anilines is 1. The lowest BCUT2D eigenvalue weighted by atomic mass is 9.95. The van der Waals surface area contributed by atoms with Crippen LogP contribution in [0.3, 0.4) is 0 Å². The Balaban J connectivity index is 1.61. The third kappa shape index (κ3) is 5.91. The fourth-order valence-electron chi connectivity index (χ4n) is 4.14. The number of para-hydroxylation sites is 1. The van der Waals surface area contributed by atoms with Crippen LogP contribution in [0.25, 0.3) is 11.6 Å². The Kier molecular flexibility index (Phi) is 7.59. The Morgan fingerprint density at radius 1 is 0.818 bits per heavy atom. The zero-order valence-electron chi connectivity index (χ0n) is 18.4. The molecule has 3 aromatic carbocycles. The smallest absolute Gasteiger partial charge is 0.256 e. The number of amides is 2. The molecule has 0 aromatic heterocycles. The number of hydrogen-bond acceptors (Lipinski definition) is 2. The van der Waals surface area contributed by atoms with Gasteiger partial charge in [-0.3, -0.25) is 9.59 Å². The number of hydrogen-bond donors (Lipinski definition) is 2. The van der Waals surface area contributed by atoms with Crippen molar-refractivity contribution in [2.24, 2.45) is 0 Å². The first-order valence-corrected chi connectivity index (χ1v) is 11.7. The van der Waals surface area contributed by atoms with Crippen molar-refractivity contribution in [3.63, 3.8) is 0 Å². The van der Waals surface area contributed by atoms with Crippen LogP contribution in [0.15, 0.2) is 78.9 Å². The molecule has 1 fully saturated rings. The molecule has 0 atom stereocenters. The zero-order chi connectivity index (χ0) is 23.0. The van der Waals surface area contributed by atoms with Crippen LogP contribution in [0.1, 0.15) is 53.6 Å². The predicted molar refractivity (Wildman–Crippen MR) is 135 cm³/mol. The number of rotatable bonds is 6. The van der Waals surface area contributed by atoms with Gasteiger partial charge in [-0.05, 0) is 48.2 Å². The monoisotopic (exact) mass is 458 g/mol. The highest BCUT2D eigenvalue weighted by molar-refractivity contribution is 6.34. The quantitative estimate of drug-likeness (QED) is 0.323. The number of benzene rings is 3. The van der Waals surface area contributed by atoms with Crippen LogP contribution in [-0.4, -0.2) is 17.9 Å². The molecule has 168 valence electrons. The molecule has 1 aliphatic rings. The average Bonchev–Trinajstić information content (AvgIpc) is 2.85. The van der Waals surface area contributed by atoms with E-state index >= 15 is 0 Å². The minimum Gasteiger partial charge on any atom is -0.349 e. The van der Waals surface area contributed by atoms with Gasteiger partial charge in [0.2, 0.25) is 0 Å². The third-order valence-electron chi connectivity index (χ3n) is 5.89. The minimum absolute atomic E-state index is 0.158. The Hall–Kier alpha value is -3.37. The molecule has 0 radical (unpaired) electrons. The van der Waals surface area contributed by atoms with Gasteiger partial charge in [-0.15, -0.1) is 0 Å². The van der Waals surface area contributed by atoms with Gasteiger partial charge < -0.3 is 10.6 Å². The second-order valence-electron chi connectivity index (χ2n) is 8.25. The molecular formula is C28H27ClN2O2. The van der Waals surface area contributed by atoms with E-state index in [4.69, 9.17) is 11.6 Å². The van der Waals surface area contributed by atoms with Crippen LogP contribution in [0.2, 0.25) is 5.02 Å². The summed E-state index contributed by atoms with van der Waals surface area (Å²) in [6.45, 7) is 0. The van der Waals surface area contributed by atoms with Crippen molar-refractivity contribution in [1.29, 1.82) is 0 Å². The lowest BCUT2D eigenvalue weighted by molar-refractivity contribution is -0.111. The van der Waals surface area contributed by atoms with Gasteiger partial charge in [0.05, 0.1) is 11.3 Å². The molecule has 4 rings (SSSR count). The molecule has 0 unspecified atom stereocenters. The molecule has 0 heterocycles.